The van der Waals surface area contributed by atoms with Gasteiger partial charge < -0.3 is 19.7 Å². The minimum Gasteiger partial charge on any atom is -0.459 e. The van der Waals surface area contributed by atoms with Gasteiger partial charge in [0, 0.05) is 26.1 Å². The van der Waals surface area contributed by atoms with E-state index < -0.39 is 5.60 Å². The van der Waals surface area contributed by atoms with E-state index in [4.69, 9.17) is 9.47 Å². The van der Waals surface area contributed by atoms with Crippen LogP contribution in [0.3, 0.4) is 0 Å². The minimum absolute atomic E-state index is 0.0156. The zero-order chi connectivity index (χ0) is 19.0. The van der Waals surface area contributed by atoms with E-state index in [2.05, 4.69) is 15.3 Å². The lowest BCUT2D eigenvalue weighted by Gasteiger charge is -2.22. The molecule has 142 valence electrons. The number of carbonyl (C=O) groups excluding carboxylic acids is 1. The standard InChI is InChI=1S/C17H30N4O3S/c1-8-18-16(19-9-14(22)24-17(3,4)5)21(6)10-13-11-25-15(20-13)12(2)23-7/h11-12H,8-10H2,1-7H3,(H,18,19). The number of carbonyl (C=O) groups is 1. The number of guanidine groups is 1. The first kappa shape index (κ1) is 21.4. The van der Waals surface area contributed by atoms with Gasteiger partial charge in [-0.3, -0.25) is 4.79 Å². The lowest BCUT2D eigenvalue weighted by atomic mass is 10.2. The molecule has 1 N–H and O–H groups in total. The van der Waals surface area contributed by atoms with E-state index in [1.54, 1.807) is 18.4 Å². The molecule has 1 aromatic rings. The Morgan fingerprint density at radius 3 is 2.72 bits per heavy atom. The van der Waals surface area contributed by atoms with Gasteiger partial charge in [0.2, 0.25) is 0 Å². The molecule has 0 radical (unpaired) electrons. The average molecular weight is 371 g/mol. The van der Waals surface area contributed by atoms with Crippen LogP contribution in [0.15, 0.2) is 10.4 Å². The fourth-order valence-electron chi connectivity index (χ4n) is 1.98. The summed E-state index contributed by atoms with van der Waals surface area (Å²) in [5.41, 5.74) is 0.431. The molecule has 7 nitrogen and oxygen atoms in total. The molecule has 8 heteroatoms. The third-order valence-electron chi connectivity index (χ3n) is 3.14. The largest absolute Gasteiger partial charge is 0.459 e. The van der Waals surface area contributed by atoms with Gasteiger partial charge in [0.15, 0.2) is 5.96 Å². The number of hydrogen-bond acceptors (Lipinski definition) is 6. The van der Waals surface area contributed by atoms with Crippen LogP contribution in [0.2, 0.25) is 0 Å². The fourth-order valence-corrected chi connectivity index (χ4v) is 2.83. The van der Waals surface area contributed by atoms with Crippen molar-refractivity contribution in [2.45, 2.75) is 52.9 Å². The van der Waals surface area contributed by atoms with E-state index in [1.165, 1.54) is 0 Å². The highest BCUT2D eigenvalue weighted by Crippen LogP contribution is 2.20. The topological polar surface area (TPSA) is 76.0 Å². The predicted molar refractivity (Wildman–Crippen MR) is 101 cm³/mol. The van der Waals surface area contributed by atoms with E-state index in [1.807, 2.05) is 51.9 Å². The van der Waals surface area contributed by atoms with Crippen LogP contribution in [0.25, 0.3) is 0 Å². The van der Waals surface area contributed by atoms with Crippen molar-refractivity contribution in [3.8, 4) is 0 Å². The molecule has 1 rings (SSSR count). The van der Waals surface area contributed by atoms with Gasteiger partial charge in [-0.05, 0) is 34.6 Å². The highest BCUT2D eigenvalue weighted by Gasteiger charge is 2.17. The number of esters is 1. The molecule has 25 heavy (non-hydrogen) atoms. The maximum atomic E-state index is 11.9. The Bertz CT molecular complexity index is 581. The molecule has 1 heterocycles. The fraction of sp³-hybridized carbons (Fsp3) is 0.706. The number of hydrogen-bond donors (Lipinski definition) is 1. The summed E-state index contributed by atoms with van der Waals surface area (Å²) in [6.07, 6.45) is -0.0156. The molecule has 0 aliphatic carbocycles. The summed E-state index contributed by atoms with van der Waals surface area (Å²) in [7, 11) is 3.58. The SMILES string of the molecule is CCNC(=NCC(=O)OC(C)(C)C)N(C)Cc1csc(C(C)OC)n1. The molecular formula is C17H30N4O3S. The zero-order valence-corrected chi connectivity index (χ0v) is 17.1. The monoisotopic (exact) mass is 370 g/mol. The maximum Gasteiger partial charge on any atom is 0.328 e. The second-order valence-electron chi connectivity index (χ2n) is 6.67. The molecule has 1 atom stereocenters. The summed E-state index contributed by atoms with van der Waals surface area (Å²) in [6.45, 7) is 10.8. The number of thiazole rings is 1. The number of ether oxygens (including phenoxy) is 2. The van der Waals surface area contributed by atoms with Crippen molar-refractivity contribution < 1.29 is 14.3 Å². The number of aromatic nitrogens is 1. The molecule has 1 aromatic heterocycles. The normalized spacial score (nSPS) is 13.5. The molecule has 0 saturated heterocycles. The van der Waals surface area contributed by atoms with Crippen LogP contribution >= 0.6 is 11.3 Å². The third-order valence-corrected chi connectivity index (χ3v) is 4.20. The Kier molecular flexibility index (Phi) is 8.31. The molecule has 0 spiro atoms. The number of methoxy groups -OCH3 is 1. The van der Waals surface area contributed by atoms with Gasteiger partial charge in [-0.1, -0.05) is 0 Å². The quantitative estimate of drug-likeness (QED) is 0.452. The van der Waals surface area contributed by atoms with E-state index in [-0.39, 0.29) is 18.6 Å². The van der Waals surface area contributed by atoms with Crippen molar-refractivity contribution in [2.24, 2.45) is 4.99 Å². The van der Waals surface area contributed by atoms with Gasteiger partial charge >= 0.3 is 5.97 Å². The van der Waals surface area contributed by atoms with Crippen molar-refractivity contribution in [2.75, 3.05) is 27.2 Å². The second kappa shape index (κ2) is 9.72. The minimum atomic E-state index is -0.508. The molecule has 0 amide bonds. The number of aliphatic imine (C=N–C) groups is 1. The second-order valence-corrected chi connectivity index (χ2v) is 7.56. The number of rotatable bonds is 7. The smallest absolute Gasteiger partial charge is 0.328 e. The van der Waals surface area contributed by atoms with Gasteiger partial charge in [-0.15, -0.1) is 11.3 Å². The summed E-state index contributed by atoms with van der Waals surface area (Å²) in [4.78, 5) is 22.7. The summed E-state index contributed by atoms with van der Waals surface area (Å²) >= 11 is 1.58. The Morgan fingerprint density at radius 2 is 2.16 bits per heavy atom. The highest BCUT2D eigenvalue weighted by atomic mass is 32.1. The van der Waals surface area contributed by atoms with E-state index >= 15 is 0 Å². The third kappa shape index (κ3) is 7.83. The summed E-state index contributed by atoms with van der Waals surface area (Å²) in [6, 6.07) is 0. The number of nitrogens with zero attached hydrogens (tertiary/aromatic N) is 3. The van der Waals surface area contributed by atoms with Crippen LogP contribution in [-0.4, -0.2) is 54.7 Å². The molecule has 0 bridgehead atoms. The van der Waals surface area contributed by atoms with Crippen LogP contribution in [-0.2, 0) is 20.8 Å². The number of nitrogens with one attached hydrogen (secondary N) is 1. The van der Waals surface area contributed by atoms with Gasteiger partial charge in [-0.2, -0.15) is 0 Å². The van der Waals surface area contributed by atoms with E-state index in [0.717, 1.165) is 10.7 Å². The van der Waals surface area contributed by atoms with Crippen molar-refractivity contribution in [3.05, 3.63) is 16.1 Å². The van der Waals surface area contributed by atoms with E-state index in [9.17, 15) is 4.79 Å². The van der Waals surface area contributed by atoms with Crippen molar-refractivity contribution in [3.63, 3.8) is 0 Å². The Morgan fingerprint density at radius 1 is 1.48 bits per heavy atom. The molecule has 0 aliphatic rings. The average Bonchev–Trinajstić information content (AvgIpc) is 2.97. The first-order valence-corrected chi connectivity index (χ1v) is 9.22. The molecule has 1 unspecified atom stereocenters. The molecular weight excluding hydrogens is 340 g/mol. The maximum absolute atomic E-state index is 11.9. The van der Waals surface area contributed by atoms with Crippen LogP contribution in [0.5, 0.6) is 0 Å². The Labute approximate surface area is 154 Å². The summed E-state index contributed by atoms with van der Waals surface area (Å²) in [5.74, 6) is 0.295. The Balaban J connectivity index is 2.72. The molecule has 0 saturated carbocycles. The zero-order valence-electron chi connectivity index (χ0n) is 16.3. The van der Waals surface area contributed by atoms with Crippen LogP contribution in [0.4, 0.5) is 0 Å². The molecule has 0 aliphatic heterocycles. The van der Waals surface area contributed by atoms with Crippen molar-refractivity contribution in [1.82, 2.24) is 15.2 Å². The summed E-state index contributed by atoms with van der Waals surface area (Å²) in [5, 5.41) is 6.14. The van der Waals surface area contributed by atoms with Crippen LogP contribution in [0.1, 0.15) is 51.4 Å². The predicted octanol–water partition coefficient (Wildman–Crippen LogP) is 2.59. The first-order chi connectivity index (χ1) is 11.7. The highest BCUT2D eigenvalue weighted by molar-refractivity contribution is 7.09. The van der Waals surface area contributed by atoms with Crippen LogP contribution < -0.4 is 5.32 Å². The lowest BCUT2D eigenvalue weighted by Crippen LogP contribution is -2.39. The van der Waals surface area contributed by atoms with Gasteiger partial charge in [0.1, 0.15) is 23.3 Å². The van der Waals surface area contributed by atoms with Gasteiger partial charge in [0.25, 0.3) is 0 Å². The van der Waals surface area contributed by atoms with Crippen LogP contribution in [0, 0.1) is 0 Å². The van der Waals surface area contributed by atoms with E-state index in [0.29, 0.717) is 19.0 Å². The summed E-state index contributed by atoms with van der Waals surface area (Å²) < 4.78 is 10.6. The molecule has 0 fully saturated rings. The Hall–Kier alpha value is -1.67. The van der Waals surface area contributed by atoms with Gasteiger partial charge in [-0.25, -0.2) is 9.98 Å². The lowest BCUT2D eigenvalue weighted by molar-refractivity contribution is -0.152. The van der Waals surface area contributed by atoms with Gasteiger partial charge in [0.05, 0.1) is 12.2 Å². The van der Waals surface area contributed by atoms with Crippen molar-refractivity contribution in [1.29, 1.82) is 0 Å². The first-order valence-electron chi connectivity index (χ1n) is 8.34. The molecule has 0 aromatic carbocycles. The van der Waals surface area contributed by atoms with Crippen molar-refractivity contribution >= 4 is 23.3 Å².